The molecule has 3 rings (SSSR count). The molecule has 0 aliphatic carbocycles. The van der Waals surface area contributed by atoms with Crippen LogP contribution in [0.25, 0.3) is 0 Å². The number of carboxylic acids is 1. The summed E-state index contributed by atoms with van der Waals surface area (Å²) >= 11 is 3.36. The van der Waals surface area contributed by atoms with E-state index in [4.69, 9.17) is 0 Å². The summed E-state index contributed by atoms with van der Waals surface area (Å²) in [5.41, 5.74) is 1.66. The minimum absolute atomic E-state index is 0.0832. The van der Waals surface area contributed by atoms with Crippen LogP contribution in [-0.4, -0.2) is 29.8 Å². The summed E-state index contributed by atoms with van der Waals surface area (Å²) in [5, 5.41) is 9.70. The van der Waals surface area contributed by atoms with Crippen LogP contribution < -0.4 is 0 Å². The fourth-order valence-electron chi connectivity index (χ4n) is 3.31. The summed E-state index contributed by atoms with van der Waals surface area (Å²) in [6.07, 6.45) is 2.04. The number of rotatable bonds is 5. The Balaban J connectivity index is 2.16. The van der Waals surface area contributed by atoms with Crippen LogP contribution in [0, 0.1) is 6.92 Å². The third-order valence-corrected chi connectivity index (χ3v) is 7.13. The highest BCUT2D eigenvalue weighted by Gasteiger charge is 2.45. The Labute approximate surface area is 167 Å². The second kappa shape index (κ2) is 7.58. The van der Waals surface area contributed by atoms with Gasteiger partial charge in [0.1, 0.15) is 0 Å². The van der Waals surface area contributed by atoms with Crippen molar-refractivity contribution >= 4 is 31.9 Å². The van der Waals surface area contributed by atoms with Gasteiger partial charge in [-0.1, -0.05) is 58.8 Å². The molecule has 0 unspecified atom stereocenters. The first-order valence-corrected chi connectivity index (χ1v) is 10.8. The second-order valence-corrected chi connectivity index (χ2v) is 9.26. The first kappa shape index (κ1) is 19.8. The molecule has 2 aromatic carbocycles. The van der Waals surface area contributed by atoms with Crippen molar-refractivity contribution in [2.75, 3.05) is 0 Å². The molecule has 2 atom stereocenters. The Bertz CT molecular complexity index is 982. The van der Waals surface area contributed by atoms with Crippen LogP contribution in [0.1, 0.15) is 30.5 Å². The number of halogens is 1. The highest BCUT2D eigenvalue weighted by Crippen LogP contribution is 2.42. The number of carboxylic acid groups (broad SMARTS) is 1. The van der Waals surface area contributed by atoms with Crippen molar-refractivity contribution in [3.05, 3.63) is 75.8 Å². The van der Waals surface area contributed by atoms with E-state index in [-0.39, 0.29) is 10.5 Å². The molecule has 1 aliphatic heterocycles. The van der Waals surface area contributed by atoms with E-state index < -0.39 is 28.1 Å². The molecule has 142 valence electrons. The highest BCUT2D eigenvalue weighted by atomic mass is 79.9. The molecule has 0 fully saturated rings. The SMILES string of the molecule is CC[C@H]1C=C(C(=O)O)[C@@H](c2ccc(Br)cc2)N1S(=O)(=O)c1ccc(C)cc1. The van der Waals surface area contributed by atoms with E-state index >= 15 is 0 Å². The Hall–Kier alpha value is -1.96. The number of hydrogen-bond acceptors (Lipinski definition) is 3. The van der Waals surface area contributed by atoms with Crippen molar-refractivity contribution in [2.24, 2.45) is 0 Å². The molecule has 1 heterocycles. The predicted octanol–water partition coefficient (Wildman–Crippen LogP) is 4.29. The zero-order valence-corrected chi connectivity index (χ0v) is 17.4. The average molecular weight is 450 g/mol. The van der Waals surface area contributed by atoms with Gasteiger partial charge >= 0.3 is 5.97 Å². The van der Waals surface area contributed by atoms with Gasteiger partial charge < -0.3 is 5.11 Å². The maximum Gasteiger partial charge on any atom is 0.333 e. The molecule has 7 heteroatoms. The smallest absolute Gasteiger partial charge is 0.333 e. The molecule has 27 heavy (non-hydrogen) atoms. The van der Waals surface area contributed by atoms with E-state index in [1.165, 1.54) is 4.31 Å². The van der Waals surface area contributed by atoms with Crippen molar-refractivity contribution in [1.29, 1.82) is 0 Å². The number of benzene rings is 2. The van der Waals surface area contributed by atoms with Gasteiger partial charge in [-0.2, -0.15) is 4.31 Å². The Kier molecular flexibility index (Phi) is 5.55. The van der Waals surface area contributed by atoms with Crippen LogP contribution in [-0.2, 0) is 14.8 Å². The molecule has 0 amide bonds. The molecular formula is C20H20BrNO4S. The second-order valence-electron chi connectivity index (χ2n) is 6.50. The van der Waals surface area contributed by atoms with Gasteiger partial charge in [0.25, 0.3) is 0 Å². The van der Waals surface area contributed by atoms with Crippen LogP contribution in [0.5, 0.6) is 0 Å². The lowest BCUT2D eigenvalue weighted by Crippen LogP contribution is -2.38. The quantitative estimate of drug-likeness (QED) is 0.738. The van der Waals surface area contributed by atoms with Crippen molar-refractivity contribution in [2.45, 2.75) is 37.2 Å². The van der Waals surface area contributed by atoms with Gasteiger partial charge in [-0.25, -0.2) is 13.2 Å². The van der Waals surface area contributed by atoms with E-state index in [1.807, 2.05) is 13.8 Å². The molecule has 0 saturated carbocycles. The molecule has 2 aromatic rings. The van der Waals surface area contributed by atoms with Crippen LogP contribution in [0.4, 0.5) is 0 Å². The first-order valence-electron chi connectivity index (χ1n) is 8.56. The summed E-state index contributed by atoms with van der Waals surface area (Å²) < 4.78 is 29.0. The molecule has 0 bridgehead atoms. The fourth-order valence-corrected chi connectivity index (χ4v) is 5.37. The monoisotopic (exact) mass is 449 g/mol. The van der Waals surface area contributed by atoms with Crippen LogP contribution in [0.3, 0.4) is 0 Å². The maximum atomic E-state index is 13.4. The number of aryl methyl sites for hydroxylation is 1. The van der Waals surface area contributed by atoms with Gasteiger partial charge in [-0.3, -0.25) is 0 Å². The summed E-state index contributed by atoms with van der Waals surface area (Å²) in [6.45, 7) is 3.73. The topological polar surface area (TPSA) is 74.7 Å². The van der Waals surface area contributed by atoms with Crippen LogP contribution in [0.15, 0.2) is 69.5 Å². The first-order chi connectivity index (χ1) is 12.8. The minimum Gasteiger partial charge on any atom is -0.478 e. The molecule has 0 spiro atoms. The zero-order valence-electron chi connectivity index (χ0n) is 15.0. The Morgan fingerprint density at radius 3 is 2.22 bits per heavy atom. The van der Waals surface area contributed by atoms with Gasteiger partial charge in [0, 0.05) is 10.5 Å². The lowest BCUT2D eigenvalue weighted by molar-refractivity contribution is -0.133. The predicted molar refractivity (Wildman–Crippen MR) is 107 cm³/mol. The number of sulfonamides is 1. The molecule has 0 aromatic heterocycles. The van der Waals surface area contributed by atoms with E-state index in [9.17, 15) is 18.3 Å². The van der Waals surface area contributed by atoms with Gasteiger partial charge in [0.15, 0.2) is 0 Å². The molecule has 0 saturated heterocycles. The fraction of sp³-hybridized carbons (Fsp3) is 0.250. The van der Waals surface area contributed by atoms with Crippen LogP contribution >= 0.6 is 15.9 Å². The van der Waals surface area contributed by atoms with E-state index in [1.54, 1.807) is 54.6 Å². The molecule has 0 radical (unpaired) electrons. The van der Waals surface area contributed by atoms with Crippen molar-refractivity contribution < 1.29 is 18.3 Å². The molecule has 5 nitrogen and oxygen atoms in total. The van der Waals surface area contributed by atoms with Gasteiger partial charge in [0.2, 0.25) is 10.0 Å². The largest absolute Gasteiger partial charge is 0.478 e. The lowest BCUT2D eigenvalue weighted by Gasteiger charge is -2.30. The number of hydrogen-bond donors (Lipinski definition) is 1. The third kappa shape index (κ3) is 3.72. The maximum absolute atomic E-state index is 13.4. The van der Waals surface area contributed by atoms with Gasteiger partial charge in [-0.15, -0.1) is 0 Å². The summed E-state index contributed by atoms with van der Waals surface area (Å²) in [4.78, 5) is 12.0. The molecule has 1 aliphatic rings. The number of aliphatic carboxylic acids is 1. The third-order valence-electron chi connectivity index (χ3n) is 4.70. The summed E-state index contributed by atoms with van der Waals surface area (Å²) in [6, 6.07) is 12.3. The Morgan fingerprint density at radius 2 is 1.70 bits per heavy atom. The normalized spacial score (nSPS) is 20.5. The summed E-state index contributed by atoms with van der Waals surface area (Å²) in [5.74, 6) is -1.11. The van der Waals surface area contributed by atoms with E-state index in [0.29, 0.717) is 12.0 Å². The van der Waals surface area contributed by atoms with Gasteiger partial charge in [0.05, 0.1) is 16.5 Å². The van der Waals surface area contributed by atoms with Crippen molar-refractivity contribution in [1.82, 2.24) is 4.31 Å². The zero-order chi connectivity index (χ0) is 19.8. The highest BCUT2D eigenvalue weighted by molar-refractivity contribution is 9.10. The number of carbonyl (C=O) groups is 1. The standard InChI is InChI=1S/C20H20BrNO4S/c1-3-16-12-18(20(23)24)19(14-6-8-15(21)9-7-14)22(16)27(25,26)17-10-4-13(2)5-11-17/h4-12,16,19H,3H2,1-2H3,(H,23,24)/t16-,19+/m0/s1. The van der Waals surface area contributed by atoms with E-state index in [2.05, 4.69) is 15.9 Å². The Morgan fingerprint density at radius 1 is 1.11 bits per heavy atom. The molecule has 1 N–H and O–H groups in total. The van der Waals surface area contributed by atoms with Gasteiger partial charge in [-0.05, 0) is 43.2 Å². The molecular weight excluding hydrogens is 430 g/mol. The average Bonchev–Trinajstić information content (AvgIpc) is 3.03. The van der Waals surface area contributed by atoms with Crippen LogP contribution in [0.2, 0.25) is 0 Å². The summed E-state index contributed by atoms with van der Waals surface area (Å²) in [7, 11) is -3.88. The number of nitrogens with zero attached hydrogens (tertiary/aromatic N) is 1. The minimum atomic E-state index is -3.88. The lowest BCUT2D eigenvalue weighted by atomic mass is 10.0. The van der Waals surface area contributed by atoms with Crippen molar-refractivity contribution in [3.63, 3.8) is 0 Å². The van der Waals surface area contributed by atoms with Crippen molar-refractivity contribution in [3.8, 4) is 0 Å². The van der Waals surface area contributed by atoms with E-state index in [0.717, 1.165) is 10.0 Å².